The van der Waals surface area contributed by atoms with Gasteiger partial charge in [-0.1, -0.05) is 17.7 Å². The van der Waals surface area contributed by atoms with Crippen LogP contribution in [0.1, 0.15) is 56.0 Å². The number of anilines is 1. The molecule has 2 aromatic carbocycles. The lowest BCUT2D eigenvalue weighted by atomic mass is 9.88. The van der Waals surface area contributed by atoms with Gasteiger partial charge in [-0.05, 0) is 71.2 Å². The Morgan fingerprint density at radius 3 is 2.41 bits per heavy atom. The van der Waals surface area contributed by atoms with Crippen LogP contribution in [0.2, 0.25) is 0 Å². The summed E-state index contributed by atoms with van der Waals surface area (Å²) >= 11 is 1.48. The summed E-state index contributed by atoms with van der Waals surface area (Å²) in [5.41, 5.74) is 2.78. The number of methoxy groups -OCH3 is 1. The number of piperidine rings is 1. The molecule has 1 amide bonds. The molecule has 4 aliphatic heterocycles. The summed E-state index contributed by atoms with van der Waals surface area (Å²) in [4.78, 5) is 41.9. The second kappa shape index (κ2) is 16.2. The van der Waals surface area contributed by atoms with E-state index in [0.29, 0.717) is 60.6 Å². The Morgan fingerprint density at radius 2 is 1.79 bits per heavy atom. The Balaban J connectivity index is 0.000000236. The maximum Gasteiger partial charge on any atom is 0.410 e. The van der Waals surface area contributed by atoms with Crippen molar-refractivity contribution in [1.29, 1.82) is 0 Å². The minimum Gasteiger partial charge on any atom is -0.465 e. The van der Waals surface area contributed by atoms with Crippen LogP contribution in [0, 0.1) is 6.92 Å². The number of carbonyl (C=O) groups is 2. The van der Waals surface area contributed by atoms with Gasteiger partial charge in [-0.2, -0.15) is 13.4 Å². The first-order valence-electron chi connectivity index (χ1n) is 18.2. The van der Waals surface area contributed by atoms with E-state index in [1.165, 1.54) is 24.6 Å². The van der Waals surface area contributed by atoms with Crippen molar-refractivity contribution in [3.05, 3.63) is 77.4 Å². The highest BCUT2D eigenvalue weighted by Crippen LogP contribution is 2.40. The van der Waals surface area contributed by atoms with Crippen LogP contribution in [0.5, 0.6) is 11.6 Å². The second-order valence-corrected chi connectivity index (χ2v) is 17.1. The second-order valence-electron chi connectivity index (χ2n) is 14.7. The largest absolute Gasteiger partial charge is 0.465 e. The first-order chi connectivity index (χ1) is 26.8. The minimum atomic E-state index is -3.66. The van der Waals surface area contributed by atoms with Crippen LogP contribution in [0.3, 0.4) is 0 Å². The number of carbonyl (C=O) groups excluding carboxylic acids is 2. The minimum absolute atomic E-state index is 0.0463. The smallest absolute Gasteiger partial charge is 0.410 e. The fourth-order valence-corrected chi connectivity index (χ4v) is 8.35. The van der Waals surface area contributed by atoms with Gasteiger partial charge < -0.3 is 28.3 Å². The predicted molar refractivity (Wildman–Crippen MR) is 207 cm³/mol. The lowest BCUT2D eigenvalue weighted by Crippen LogP contribution is -2.70. The molecule has 4 aliphatic rings. The topological polar surface area (TPSA) is 173 Å². The zero-order valence-electron chi connectivity index (χ0n) is 31.7. The van der Waals surface area contributed by atoms with Gasteiger partial charge in [0.1, 0.15) is 28.0 Å². The van der Waals surface area contributed by atoms with Crippen molar-refractivity contribution in [3.63, 3.8) is 0 Å². The number of hydrogen-bond donors (Lipinski definition) is 0. The van der Waals surface area contributed by atoms with Crippen LogP contribution < -0.4 is 9.64 Å². The van der Waals surface area contributed by atoms with Crippen molar-refractivity contribution in [2.75, 3.05) is 38.3 Å². The lowest BCUT2D eigenvalue weighted by molar-refractivity contribution is -0.0386. The van der Waals surface area contributed by atoms with Gasteiger partial charge in [0.15, 0.2) is 5.58 Å². The van der Waals surface area contributed by atoms with E-state index < -0.39 is 21.7 Å². The zero-order valence-corrected chi connectivity index (χ0v) is 33.3. The van der Waals surface area contributed by atoms with E-state index in [4.69, 9.17) is 32.5 Å². The van der Waals surface area contributed by atoms with Gasteiger partial charge >= 0.3 is 12.1 Å². The molecular formula is C39H43N5O10S2. The summed E-state index contributed by atoms with van der Waals surface area (Å²) in [6.45, 7) is 9.77. The average molecular weight is 806 g/mol. The summed E-state index contributed by atoms with van der Waals surface area (Å²) in [6, 6.07) is 14.0. The van der Waals surface area contributed by atoms with E-state index >= 15 is 0 Å². The molecule has 0 aliphatic carbocycles. The van der Waals surface area contributed by atoms with Crippen LogP contribution in [0.4, 0.5) is 10.8 Å². The van der Waals surface area contributed by atoms with Crippen LogP contribution in [-0.2, 0) is 28.5 Å². The molecule has 4 fully saturated rings. The third kappa shape index (κ3) is 8.96. The molecule has 3 aromatic heterocycles. The van der Waals surface area contributed by atoms with Crippen molar-refractivity contribution < 1.29 is 45.6 Å². The number of rotatable bonds is 8. The summed E-state index contributed by atoms with van der Waals surface area (Å²) < 4.78 is 56.8. The number of thiazole rings is 1. The molecule has 56 heavy (non-hydrogen) atoms. The summed E-state index contributed by atoms with van der Waals surface area (Å²) in [7, 11) is -2.34. The van der Waals surface area contributed by atoms with Gasteiger partial charge in [0.05, 0.1) is 41.8 Å². The Kier molecular flexibility index (Phi) is 11.3. The normalized spacial score (nSPS) is 19.4. The molecule has 3 unspecified atom stereocenters. The highest BCUT2D eigenvalue weighted by molar-refractivity contribution is 7.86. The monoisotopic (exact) mass is 805 g/mol. The third-order valence-corrected chi connectivity index (χ3v) is 11.4. The fourth-order valence-electron chi connectivity index (χ4n) is 6.61. The Bertz CT molecular complexity index is 2260. The lowest BCUT2D eigenvalue weighted by Gasteiger charge is -2.55. The zero-order chi connectivity index (χ0) is 39.6. The van der Waals surface area contributed by atoms with Crippen molar-refractivity contribution in [1.82, 2.24) is 19.9 Å². The number of fused-ring (bicyclic) bond motifs is 3. The summed E-state index contributed by atoms with van der Waals surface area (Å²) in [5.74, 6) is 0.346. The first kappa shape index (κ1) is 39.1. The van der Waals surface area contributed by atoms with E-state index in [-0.39, 0.29) is 29.2 Å². The molecule has 0 radical (unpaired) electrons. The van der Waals surface area contributed by atoms with Crippen LogP contribution in [-0.4, -0.2) is 97.5 Å². The maximum absolute atomic E-state index is 12.7. The van der Waals surface area contributed by atoms with E-state index in [9.17, 15) is 18.0 Å². The van der Waals surface area contributed by atoms with E-state index in [1.807, 2.05) is 44.0 Å². The number of benzene rings is 2. The van der Waals surface area contributed by atoms with Gasteiger partial charge in [0.2, 0.25) is 5.88 Å². The van der Waals surface area contributed by atoms with Crippen LogP contribution in [0.15, 0.2) is 75.6 Å². The molecule has 0 N–H and O–H groups in total. The van der Waals surface area contributed by atoms with E-state index in [2.05, 4.69) is 14.9 Å². The van der Waals surface area contributed by atoms with E-state index in [1.54, 1.807) is 48.7 Å². The van der Waals surface area contributed by atoms with E-state index in [0.717, 1.165) is 35.4 Å². The number of oxazole rings is 1. The molecule has 2 bridgehead atoms. The predicted octanol–water partition coefficient (Wildman–Crippen LogP) is 7.00. The third-order valence-electron chi connectivity index (χ3n) is 9.25. The highest BCUT2D eigenvalue weighted by atomic mass is 32.2. The average Bonchev–Trinajstić information content (AvgIpc) is 3.86. The molecule has 0 spiro atoms. The van der Waals surface area contributed by atoms with Gasteiger partial charge in [-0.25, -0.2) is 19.6 Å². The number of aromatic nitrogens is 3. The first-order valence-corrected chi connectivity index (χ1v) is 20.5. The molecule has 4 saturated heterocycles. The van der Waals surface area contributed by atoms with Crippen LogP contribution in [0.25, 0.3) is 21.7 Å². The number of esters is 1. The highest BCUT2D eigenvalue weighted by Gasteiger charge is 2.49. The summed E-state index contributed by atoms with van der Waals surface area (Å²) in [6.07, 6.45) is 5.00. The summed E-state index contributed by atoms with van der Waals surface area (Å²) in [5, 5.41) is 2.66. The standard InChI is InChI=1S/C27H27N5O6S.C12H16O4S/c1-27(2,3)38-26(34)32-16-9-17(32)14-31(13-16)25-30-20-11-18(10-19(22(20)37-25)23-28-7-8-39-23)36-21-6-5-15(12-29-21)24(33)35-4;1-10-4-6-12(7-5-10)17(13,14)16-11-3-2-8-15-9-11/h5-8,10-12,16-17H,9,13-14H2,1-4H3;4-7,11H,2-3,8-9H2,1H3. The maximum atomic E-state index is 12.7. The molecule has 17 heteroatoms. The molecule has 3 atom stereocenters. The Hall–Kier alpha value is -5.10. The number of nitrogens with zero attached hydrogens (tertiary/aromatic N) is 5. The van der Waals surface area contributed by atoms with Gasteiger partial charge in [0, 0.05) is 49.6 Å². The van der Waals surface area contributed by atoms with Gasteiger partial charge in [0.25, 0.3) is 16.1 Å². The quantitative estimate of drug-likeness (QED) is 0.116. The Labute approximate surface area is 328 Å². The molecule has 7 heterocycles. The molecule has 0 saturated carbocycles. The number of ether oxygens (including phenoxy) is 4. The van der Waals surface area contributed by atoms with Crippen molar-refractivity contribution in [3.8, 4) is 22.2 Å². The number of aryl methyl sites for hydroxylation is 1. The fraction of sp³-hybridized carbons (Fsp3) is 0.410. The Morgan fingerprint density at radius 1 is 1.02 bits per heavy atom. The number of amides is 1. The van der Waals surface area contributed by atoms with Crippen LogP contribution >= 0.6 is 11.3 Å². The van der Waals surface area contributed by atoms with Crippen molar-refractivity contribution in [2.45, 2.75) is 75.6 Å². The number of pyridine rings is 1. The molecule has 5 aromatic rings. The number of piperazine rings is 1. The molecule has 15 nitrogen and oxygen atoms in total. The van der Waals surface area contributed by atoms with Gasteiger partial charge in [-0.3, -0.25) is 9.08 Å². The SMILES string of the molecule is COC(=O)c1ccc(Oc2cc(-c3nccs3)c3oc(N4CC5CC(C4)N5C(=O)OC(C)(C)C)nc3c2)nc1.Cc1ccc(S(=O)(=O)OC2CCCOC2)cc1. The van der Waals surface area contributed by atoms with Gasteiger partial charge in [-0.15, -0.1) is 11.3 Å². The van der Waals surface area contributed by atoms with Crippen molar-refractivity contribution >= 4 is 50.6 Å². The number of hydrogen-bond acceptors (Lipinski definition) is 15. The van der Waals surface area contributed by atoms with Crippen molar-refractivity contribution in [2.24, 2.45) is 0 Å². The molecular weight excluding hydrogens is 763 g/mol. The molecule has 9 rings (SSSR count). The molecule has 296 valence electrons.